The molecule has 0 unspecified atom stereocenters. The average Bonchev–Trinajstić information content (AvgIpc) is 2.67. The molecule has 0 heterocycles. The van der Waals surface area contributed by atoms with Gasteiger partial charge in [-0.2, -0.15) is 0 Å². The van der Waals surface area contributed by atoms with Crippen molar-refractivity contribution < 1.29 is 19.1 Å². The molecule has 0 bridgehead atoms. The number of likely N-dealkylation sites (N-methyl/N-ethyl adjacent to an activating group) is 1. The molecule has 2 aromatic rings. The number of carbonyl (C=O) groups is 2. The van der Waals surface area contributed by atoms with Gasteiger partial charge in [0.2, 0.25) is 5.91 Å². The maximum atomic E-state index is 12.6. The topological polar surface area (TPSA) is 67.9 Å². The summed E-state index contributed by atoms with van der Waals surface area (Å²) in [6, 6.07) is 14.3. The van der Waals surface area contributed by atoms with E-state index in [0.717, 1.165) is 5.56 Å². The highest BCUT2D eigenvalue weighted by atomic mass is 16.5. The van der Waals surface area contributed by atoms with E-state index in [1.807, 2.05) is 31.2 Å². The molecule has 6 nitrogen and oxygen atoms in total. The monoisotopic (exact) mass is 356 g/mol. The lowest BCUT2D eigenvalue weighted by Crippen LogP contribution is -2.37. The molecule has 2 amide bonds. The van der Waals surface area contributed by atoms with Crippen LogP contribution in [0.4, 0.5) is 5.69 Å². The van der Waals surface area contributed by atoms with Crippen LogP contribution in [0.15, 0.2) is 48.5 Å². The molecule has 0 radical (unpaired) electrons. The van der Waals surface area contributed by atoms with E-state index in [2.05, 4.69) is 5.32 Å². The van der Waals surface area contributed by atoms with Gasteiger partial charge in [-0.1, -0.05) is 24.3 Å². The smallest absolute Gasteiger partial charge is 0.254 e. The highest BCUT2D eigenvalue weighted by molar-refractivity contribution is 5.99. The summed E-state index contributed by atoms with van der Waals surface area (Å²) >= 11 is 0. The number of para-hydroxylation sites is 2. The van der Waals surface area contributed by atoms with E-state index in [0.29, 0.717) is 30.2 Å². The number of benzene rings is 2. The molecule has 0 spiro atoms. The Bertz CT molecular complexity index is 744. The number of nitrogens with zero attached hydrogens (tertiary/aromatic N) is 1. The maximum absolute atomic E-state index is 12.6. The minimum Gasteiger partial charge on any atom is -0.495 e. The van der Waals surface area contributed by atoms with Gasteiger partial charge in [-0.15, -0.1) is 0 Å². The van der Waals surface area contributed by atoms with Crippen molar-refractivity contribution in [3.05, 3.63) is 59.7 Å². The van der Waals surface area contributed by atoms with Crippen molar-refractivity contribution in [1.29, 1.82) is 0 Å². The van der Waals surface area contributed by atoms with Crippen molar-refractivity contribution >= 4 is 17.5 Å². The second kappa shape index (κ2) is 9.58. The van der Waals surface area contributed by atoms with Crippen LogP contribution in [0.3, 0.4) is 0 Å². The Hall–Kier alpha value is -2.86. The minimum absolute atomic E-state index is 0.0345. The average molecular weight is 356 g/mol. The largest absolute Gasteiger partial charge is 0.495 e. The second-order valence-corrected chi connectivity index (χ2v) is 5.70. The Labute approximate surface area is 153 Å². The fourth-order valence-electron chi connectivity index (χ4n) is 2.53. The molecule has 2 aromatic carbocycles. The van der Waals surface area contributed by atoms with Gasteiger partial charge >= 0.3 is 0 Å². The molecule has 0 saturated heterocycles. The zero-order valence-corrected chi connectivity index (χ0v) is 15.3. The van der Waals surface area contributed by atoms with Crippen molar-refractivity contribution in [2.24, 2.45) is 0 Å². The predicted octanol–water partition coefficient (Wildman–Crippen LogP) is 2.94. The molecular formula is C20H24N2O4. The zero-order valence-electron chi connectivity index (χ0n) is 15.3. The van der Waals surface area contributed by atoms with Crippen molar-refractivity contribution in [1.82, 2.24) is 4.90 Å². The summed E-state index contributed by atoms with van der Waals surface area (Å²) in [6.07, 6.45) is 0. The van der Waals surface area contributed by atoms with Crippen LogP contribution in [0.25, 0.3) is 0 Å². The van der Waals surface area contributed by atoms with Crippen LogP contribution in [0.5, 0.6) is 5.75 Å². The Morgan fingerprint density at radius 2 is 1.73 bits per heavy atom. The lowest BCUT2D eigenvalue weighted by Gasteiger charge is -2.21. The van der Waals surface area contributed by atoms with E-state index in [4.69, 9.17) is 9.47 Å². The van der Waals surface area contributed by atoms with Gasteiger partial charge in [-0.3, -0.25) is 9.59 Å². The van der Waals surface area contributed by atoms with Gasteiger partial charge in [0.25, 0.3) is 5.91 Å². The summed E-state index contributed by atoms with van der Waals surface area (Å²) in [4.78, 5) is 26.5. The first-order valence-corrected chi connectivity index (χ1v) is 8.39. The van der Waals surface area contributed by atoms with Gasteiger partial charge in [0.15, 0.2) is 0 Å². The van der Waals surface area contributed by atoms with Crippen LogP contribution in [-0.4, -0.2) is 44.0 Å². The van der Waals surface area contributed by atoms with E-state index in [-0.39, 0.29) is 18.4 Å². The Kier molecular flexibility index (Phi) is 7.17. The highest BCUT2D eigenvalue weighted by Gasteiger charge is 2.18. The molecule has 0 aliphatic rings. The van der Waals surface area contributed by atoms with Crippen LogP contribution < -0.4 is 10.1 Å². The van der Waals surface area contributed by atoms with Crippen LogP contribution >= 0.6 is 0 Å². The van der Waals surface area contributed by atoms with Crippen LogP contribution in [0.2, 0.25) is 0 Å². The minimum atomic E-state index is -0.277. The normalized spacial score (nSPS) is 10.3. The van der Waals surface area contributed by atoms with Crippen LogP contribution in [0.1, 0.15) is 22.8 Å². The number of hydrogen-bond donors (Lipinski definition) is 1. The van der Waals surface area contributed by atoms with Crippen LogP contribution in [0, 0.1) is 0 Å². The molecule has 2 rings (SSSR count). The van der Waals surface area contributed by atoms with E-state index >= 15 is 0 Å². The number of rotatable bonds is 8. The SMILES string of the molecule is CCN(CC(=O)Nc1ccccc1OC)C(=O)c1ccc(COC)cc1. The first-order valence-electron chi connectivity index (χ1n) is 8.39. The molecule has 1 N–H and O–H groups in total. The highest BCUT2D eigenvalue weighted by Crippen LogP contribution is 2.22. The molecule has 138 valence electrons. The fourth-order valence-corrected chi connectivity index (χ4v) is 2.53. The van der Waals surface area contributed by atoms with Gasteiger partial charge in [-0.05, 0) is 36.8 Å². The third kappa shape index (κ3) is 5.07. The molecule has 0 aliphatic carbocycles. The van der Waals surface area contributed by atoms with E-state index in [1.54, 1.807) is 38.5 Å². The molecule has 0 fully saturated rings. The van der Waals surface area contributed by atoms with E-state index in [9.17, 15) is 9.59 Å². The number of methoxy groups -OCH3 is 2. The summed E-state index contributed by atoms with van der Waals surface area (Å²) in [5.74, 6) is 0.108. The van der Waals surface area contributed by atoms with E-state index < -0.39 is 0 Å². The number of carbonyl (C=O) groups excluding carboxylic acids is 2. The summed E-state index contributed by atoms with van der Waals surface area (Å²) in [5.41, 5.74) is 2.10. The van der Waals surface area contributed by atoms with Crippen molar-refractivity contribution in [3.63, 3.8) is 0 Å². The number of anilines is 1. The molecule has 26 heavy (non-hydrogen) atoms. The Balaban J connectivity index is 2.03. The van der Waals surface area contributed by atoms with Crippen molar-refractivity contribution in [2.75, 3.05) is 32.6 Å². The molecular weight excluding hydrogens is 332 g/mol. The molecule has 0 aliphatic heterocycles. The van der Waals surface area contributed by atoms with E-state index in [1.165, 1.54) is 4.90 Å². The van der Waals surface area contributed by atoms with Gasteiger partial charge in [0, 0.05) is 19.2 Å². The lowest BCUT2D eigenvalue weighted by molar-refractivity contribution is -0.116. The first kappa shape index (κ1) is 19.5. The molecule has 6 heteroatoms. The Morgan fingerprint density at radius 1 is 1.04 bits per heavy atom. The standard InChI is InChI=1S/C20H24N2O4/c1-4-22(20(24)16-11-9-15(10-12-16)14-25-2)13-19(23)21-17-7-5-6-8-18(17)26-3/h5-12H,4,13-14H2,1-3H3,(H,21,23). The predicted molar refractivity (Wildman–Crippen MR) is 100 cm³/mol. The number of nitrogens with one attached hydrogen (secondary N) is 1. The van der Waals surface area contributed by atoms with Crippen LogP contribution in [-0.2, 0) is 16.1 Å². The number of hydrogen-bond acceptors (Lipinski definition) is 4. The maximum Gasteiger partial charge on any atom is 0.254 e. The quantitative estimate of drug-likeness (QED) is 0.790. The first-order chi connectivity index (χ1) is 12.6. The van der Waals surface area contributed by atoms with Gasteiger partial charge in [-0.25, -0.2) is 0 Å². The summed E-state index contributed by atoms with van der Waals surface area (Å²) in [7, 11) is 3.17. The summed E-state index contributed by atoms with van der Waals surface area (Å²) in [6.45, 7) is 2.73. The zero-order chi connectivity index (χ0) is 18.9. The van der Waals surface area contributed by atoms with Gasteiger partial charge < -0.3 is 19.7 Å². The van der Waals surface area contributed by atoms with Gasteiger partial charge in [0.05, 0.1) is 19.4 Å². The van der Waals surface area contributed by atoms with Crippen molar-refractivity contribution in [3.8, 4) is 5.75 Å². The third-order valence-corrected chi connectivity index (χ3v) is 3.90. The molecule has 0 atom stereocenters. The lowest BCUT2D eigenvalue weighted by atomic mass is 10.1. The van der Waals surface area contributed by atoms with Gasteiger partial charge in [0.1, 0.15) is 12.3 Å². The molecule has 0 aromatic heterocycles. The number of ether oxygens (including phenoxy) is 2. The fraction of sp³-hybridized carbons (Fsp3) is 0.300. The molecule has 0 saturated carbocycles. The number of amides is 2. The summed E-state index contributed by atoms with van der Waals surface area (Å²) in [5, 5.41) is 2.78. The summed E-state index contributed by atoms with van der Waals surface area (Å²) < 4.78 is 10.3. The van der Waals surface area contributed by atoms with Crippen molar-refractivity contribution in [2.45, 2.75) is 13.5 Å². The third-order valence-electron chi connectivity index (χ3n) is 3.90. The Morgan fingerprint density at radius 3 is 2.35 bits per heavy atom. The second-order valence-electron chi connectivity index (χ2n) is 5.70.